The summed E-state index contributed by atoms with van der Waals surface area (Å²) in [6.07, 6.45) is 2.08. The van der Waals surface area contributed by atoms with Crippen LogP contribution in [0.15, 0.2) is 24.3 Å². The van der Waals surface area contributed by atoms with Gasteiger partial charge in [0.05, 0.1) is 17.6 Å². The summed E-state index contributed by atoms with van der Waals surface area (Å²) in [5, 5.41) is 0. The number of para-hydroxylation sites is 2. The van der Waals surface area contributed by atoms with Crippen molar-refractivity contribution in [2.24, 2.45) is 0 Å². The number of benzene rings is 1. The molecule has 2 rings (SSSR count). The molecule has 0 fully saturated rings. The van der Waals surface area contributed by atoms with Gasteiger partial charge in [-0.25, -0.2) is 9.97 Å². The largest absolute Gasteiger partial charge is 0.475 e. The van der Waals surface area contributed by atoms with Crippen LogP contribution in [-0.4, -0.2) is 16.6 Å². The van der Waals surface area contributed by atoms with Crippen LogP contribution >= 0.6 is 0 Å². The van der Waals surface area contributed by atoms with E-state index >= 15 is 0 Å². The number of rotatable bonds is 4. The molecule has 2 aromatic rings. The van der Waals surface area contributed by atoms with Gasteiger partial charge in [0.15, 0.2) is 5.82 Å². The number of hydrogen-bond acceptors (Lipinski definition) is 4. The van der Waals surface area contributed by atoms with E-state index in [2.05, 4.69) is 16.9 Å². The lowest BCUT2D eigenvalue weighted by molar-refractivity contribution is 0.299. The molecular formula is C12H15N3O. The average molecular weight is 217 g/mol. The van der Waals surface area contributed by atoms with Crippen molar-refractivity contribution < 1.29 is 4.74 Å². The summed E-state index contributed by atoms with van der Waals surface area (Å²) in [6.45, 7) is 2.74. The molecule has 0 saturated carbocycles. The van der Waals surface area contributed by atoms with Crippen LogP contribution in [0.5, 0.6) is 5.88 Å². The summed E-state index contributed by atoms with van der Waals surface area (Å²) in [6, 6.07) is 7.61. The summed E-state index contributed by atoms with van der Waals surface area (Å²) >= 11 is 0. The number of fused-ring (bicyclic) bond motifs is 1. The molecule has 0 atom stereocenters. The Hall–Kier alpha value is -1.84. The highest BCUT2D eigenvalue weighted by Crippen LogP contribution is 2.20. The number of anilines is 1. The molecule has 0 bridgehead atoms. The molecule has 0 amide bonds. The summed E-state index contributed by atoms with van der Waals surface area (Å²) in [5.41, 5.74) is 7.37. The van der Waals surface area contributed by atoms with Gasteiger partial charge in [-0.05, 0) is 18.6 Å². The van der Waals surface area contributed by atoms with E-state index in [0.29, 0.717) is 18.3 Å². The molecule has 0 saturated heterocycles. The number of unbranched alkanes of at least 4 members (excludes halogenated alkanes) is 1. The SMILES string of the molecule is CCCCOc1nc2ccccc2nc1N. The van der Waals surface area contributed by atoms with Crippen LogP contribution in [0.3, 0.4) is 0 Å². The van der Waals surface area contributed by atoms with Crippen molar-refractivity contribution >= 4 is 16.9 Å². The van der Waals surface area contributed by atoms with Crippen LogP contribution in [0.25, 0.3) is 11.0 Å². The molecule has 2 N–H and O–H groups in total. The zero-order valence-electron chi connectivity index (χ0n) is 9.31. The molecule has 84 valence electrons. The van der Waals surface area contributed by atoms with Crippen molar-refractivity contribution in [3.05, 3.63) is 24.3 Å². The van der Waals surface area contributed by atoms with Crippen LogP contribution in [-0.2, 0) is 0 Å². The number of nitrogen functional groups attached to an aromatic ring is 1. The minimum absolute atomic E-state index is 0.356. The van der Waals surface area contributed by atoms with Crippen LogP contribution < -0.4 is 10.5 Å². The van der Waals surface area contributed by atoms with Crippen molar-refractivity contribution in [3.63, 3.8) is 0 Å². The molecule has 1 aromatic carbocycles. The fourth-order valence-corrected chi connectivity index (χ4v) is 1.42. The first-order chi connectivity index (χ1) is 7.81. The third kappa shape index (κ3) is 2.21. The molecule has 0 spiro atoms. The third-order valence-corrected chi connectivity index (χ3v) is 2.30. The topological polar surface area (TPSA) is 61.0 Å². The number of nitrogens with zero attached hydrogens (tertiary/aromatic N) is 2. The van der Waals surface area contributed by atoms with Gasteiger partial charge in [-0.2, -0.15) is 0 Å². The van der Waals surface area contributed by atoms with Gasteiger partial charge in [-0.15, -0.1) is 0 Å². The molecule has 0 aliphatic heterocycles. The van der Waals surface area contributed by atoms with Gasteiger partial charge in [-0.1, -0.05) is 25.5 Å². The van der Waals surface area contributed by atoms with Gasteiger partial charge in [0.1, 0.15) is 0 Å². The highest BCUT2D eigenvalue weighted by Gasteiger charge is 2.05. The molecule has 1 aromatic heterocycles. The number of nitrogens with two attached hydrogens (primary N) is 1. The molecule has 4 heteroatoms. The second-order valence-electron chi connectivity index (χ2n) is 3.60. The molecule has 0 aliphatic carbocycles. The van der Waals surface area contributed by atoms with Crippen LogP contribution in [0.1, 0.15) is 19.8 Å². The van der Waals surface area contributed by atoms with Crippen molar-refractivity contribution in [2.45, 2.75) is 19.8 Å². The Kier molecular flexibility index (Phi) is 3.19. The summed E-state index contributed by atoms with van der Waals surface area (Å²) < 4.78 is 5.49. The zero-order chi connectivity index (χ0) is 11.4. The Morgan fingerprint density at radius 2 is 1.88 bits per heavy atom. The first kappa shape index (κ1) is 10.7. The summed E-state index contributed by atoms with van der Waals surface area (Å²) in [4.78, 5) is 8.58. The normalized spacial score (nSPS) is 10.6. The Bertz CT molecular complexity index is 485. The van der Waals surface area contributed by atoms with Crippen molar-refractivity contribution in [2.75, 3.05) is 12.3 Å². The van der Waals surface area contributed by atoms with Crippen molar-refractivity contribution in [3.8, 4) is 5.88 Å². The van der Waals surface area contributed by atoms with E-state index in [4.69, 9.17) is 10.5 Å². The molecule has 0 aliphatic rings. The van der Waals surface area contributed by atoms with E-state index in [1.807, 2.05) is 24.3 Å². The lowest BCUT2D eigenvalue weighted by atomic mass is 10.3. The molecule has 4 nitrogen and oxygen atoms in total. The maximum atomic E-state index is 5.77. The highest BCUT2D eigenvalue weighted by atomic mass is 16.5. The second kappa shape index (κ2) is 4.79. The first-order valence-electron chi connectivity index (χ1n) is 5.46. The smallest absolute Gasteiger partial charge is 0.257 e. The van der Waals surface area contributed by atoms with E-state index < -0.39 is 0 Å². The standard InChI is InChI=1S/C12H15N3O/c1-2-3-8-16-12-11(13)14-9-6-4-5-7-10(9)15-12/h4-7H,2-3,8H2,1H3,(H2,13,14). The second-order valence-corrected chi connectivity index (χ2v) is 3.60. The minimum Gasteiger partial charge on any atom is -0.475 e. The van der Waals surface area contributed by atoms with Crippen LogP contribution in [0.4, 0.5) is 5.82 Å². The number of hydrogen-bond donors (Lipinski definition) is 1. The van der Waals surface area contributed by atoms with E-state index in [-0.39, 0.29) is 0 Å². The molecular weight excluding hydrogens is 202 g/mol. The van der Waals surface area contributed by atoms with Crippen LogP contribution in [0, 0.1) is 0 Å². The van der Waals surface area contributed by atoms with Crippen molar-refractivity contribution in [1.29, 1.82) is 0 Å². The Balaban J connectivity index is 2.27. The van der Waals surface area contributed by atoms with Gasteiger partial charge < -0.3 is 10.5 Å². The minimum atomic E-state index is 0.356. The monoisotopic (exact) mass is 217 g/mol. The Morgan fingerprint density at radius 3 is 2.56 bits per heavy atom. The van der Waals surface area contributed by atoms with E-state index in [1.165, 1.54) is 0 Å². The lowest BCUT2D eigenvalue weighted by Crippen LogP contribution is -2.04. The molecule has 0 radical (unpaired) electrons. The molecule has 16 heavy (non-hydrogen) atoms. The van der Waals surface area contributed by atoms with Gasteiger partial charge in [0.25, 0.3) is 5.88 Å². The zero-order valence-corrected chi connectivity index (χ0v) is 9.31. The van der Waals surface area contributed by atoms with Gasteiger partial charge in [-0.3, -0.25) is 0 Å². The van der Waals surface area contributed by atoms with Gasteiger partial charge in [0, 0.05) is 0 Å². The van der Waals surface area contributed by atoms with Crippen molar-refractivity contribution in [1.82, 2.24) is 9.97 Å². The lowest BCUT2D eigenvalue weighted by Gasteiger charge is -2.07. The fourth-order valence-electron chi connectivity index (χ4n) is 1.42. The molecule has 0 unspecified atom stereocenters. The Labute approximate surface area is 94.5 Å². The van der Waals surface area contributed by atoms with E-state index in [1.54, 1.807) is 0 Å². The summed E-state index contributed by atoms with van der Waals surface area (Å²) in [7, 11) is 0. The molecule has 1 heterocycles. The average Bonchev–Trinajstić information content (AvgIpc) is 2.30. The van der Waals surface area contributed by atoms with Crippen LogP contribution in [0.2, 0.25) is 0 Å². The number of aromatic nitrogens is 2. The quantitative estimate of drug-likeness (QED) is 0.799. The number of ether oxygens (including phenoxy) is 1. The highest BCUT2D eigenvalue weighted by molar-refractivity contribution is 5.76. The summed E-state index contributed by atoms with van der Waals surface area (Å²) in [5.74, 6) is 0.793. The maximum absolute atomic E-state index is 5.77. The fraction of sp³-hybridized carbons (Fsp3) is 0.333. The maximum Gasteiger partial charge on any atom is 0.257 e. The van der Waals surface area contributed by atoms with E-state index in [9.17, 15) is 0 Å². The first-order valence-corrected chi connectivity index (χ1v) is 5.46. The van der Waals surface area contributed by atoms with Gasteiger partial charge >= 0.3 is 0 Å². The predicted octanol–water partition coefficient (Wildman–Crippen LogP) is 2.39. The third-order valence-electron chi connectivity index (χ3n) is 2.30. The van der Waals surface area contributed by atoms with E-state index in [0.717, 1.165) is 23.9 Å². The Morgan fingerprint density at radius 1 is 1.19 bits per heavy atom. The van der Waals surface area contributed by atoms with Gasteiger partial charge in [0.2, 0.25) is 0 Å². The predicted molar refractivity (Wildman–Crippen MR) is 64.4 cm³/mol.